The Labute approximate surface area is 323 Å². The van der Waals surface area contributed by atoms with Gasteiger partial charge < -0.3 is 40.0 Å². The van der Waals surface area contributed by atoms with Gasteiger partial charge in [0.15, 0.2) is 6.29 Å². The first-order chi connectivity index (χ1) is 23.9. The van der Waals surface area contributed by atoms with Crippen LogP contribution in [0.3, 0.4) is 0 Å². The van der Waals surface area contributed by atoms with Crippen LogP contribution in [0.5, 0.6) is 0 Å². The van der Waals surface area contributed by atoms with Crippen molar-refractivity contribution in [2.45, 2.75) is 82.1 Å². The molecule has 2 aliphatic heterocycles. The summed E-state index contributed by atoms with van der Waals surface area (Å²) < 4.78 is 16.4. The molecule has 9 nitrogen and oxygen atoms in total. The van der Waals surface area contributed by atoms with E-state index in [2.05, 4.69) is 147 Å². The number of nitrogens with one attached hydrogen (secondary N) is 1. The zero-order valence-electron chi connectivity index (χ0n) is 26.6. The molecule has 0 radical (unpaired) electrons. The molecule has 8 atom stereocenters. The normalized spacial score (nSPS) is 19.9. The second kappa shape index (κ2) is 24.1. The van der Waals surface area contributed by atoms with Crippen LogP contribution >= 0.6 is 0 Å². The Balaban J connectivity index is -0.0000000496. The van der Waals surface area contributed by atoms with Gasteiger partial charge in [0, 0.05) is 75.7 Å². The highest BCUT2D eigenvalue weighted by Crippen LogP contribution is 2.30. The third-order valence-electron chi connectivity index (χ3n) is 6.12. The van der Waals surface area contributed by atoms with Gasteiger partial charge in [0.25, 0.3) is 5.91 Å². The van der Waals surface area contributed by atoms with E-state index in [4.69, 9.17) is 14.2 Å². The number of amides is 1. The number of hydrogen-bond donors (Lipinski definition) is 5. The van der Waals surface area contributed by atoms with E-state index in [1.807, 2.05) is 6.92 Å². The van der Waals surface area contributed by atoms with Crippen LogP contribution in [0.4, 0.5) is 0 Å². The van der Waals surface area contributed by atoms with Crippen LogP contribution < -0.4 is 5.32 Å². The van der Waals surface area contributed by atoms with E-state index in [0.29, 0.717) is 6.42 Å². The minimum atomic E-state index is -1.41. The Morgan fingerprint density at radius 1 is 0.776 bits per heavy atom. The molecule has 2 rings (SSSR count). The van der Waals surface area contributed by atoms with E-state index in [1.165, 1.54) is 0 Å². The van der Waals surface area contributed by atoms with Crippen molar-refractivity contribution >= 4 is 5.91 Å². The van der Waals surface area contributed by atoms with E-state index in [-0.39, 0.29) is 53.9 Å². The molecule has 0 aromatic heterocycles. The quantitative estimate of drug-likeness (QED) is 0.226. The lowest BCUT2D eigenvalue weighted by Crippen LogP contribution is -2.66. The van der Waals surface area contributed by atoms with Crippen molar-refractivity contribution in [3.8, 4) is 142 Å². The van der Waals surface area contributed by atoms with Gasteiger partial charge in [0.2, 0.25) is 0 Å². The molecule has 2 unspecified atom stereocenters. The molecule has 2 fully saturated rings. The SMILES string of the molecule is CC#CC#CC#CC#CC#CC#CC#CC#CC#CC#CC#CC#CC(=O)N[C@@H](CO[C@H]1OC2CO[C@@H]2[C@H](O)C1O)[C@H](O)[C@H](O)CCCC.[HH].[HH].[HH].[HH].[HH].[HH].[HH].[HH].[HH].[HH].[HH].[HH].[HH].[HH].[HH].[HH].[HH].[HH].[HH].[HH].[HH].[HH].[HH].[HH]. The first kappa shape index (κ1) is 39.1. The van der Waals surface area contributed by atoms with E-state index >= 15 is 0 Å². The molecule has 0 aromatic carbocycles. The highest BCUT2D eigenvalue weighted by molar-refractivity contribution is 5.94. The smallest absolute Gasteiger partial charge is 0.297 e. The molecule has 0 aliphatic carbocycles. The van der Waals surface area contributed by atoms with Crippen molar-refractivity contribution in [1.29, 1.82) is 0 Å². The zero-order valence-corrected chi connectivity index (χ0v) is 26.6. The fourth-order valence-corrected chi connectivity index (χ4v) is 3.72. The number of carbonyl (C=O) groups excluding carboxylic acids is 1. The molecule has 0 bridgehead atoms. The van der Waals surface area contributed by atoms with E-state index in [0.717, 1.165) is 6.42 Å². The summed E-state index contributed by atoms with van der Waals surface area (Å²) in [4.78, 5) is 12.4. The third-order valence-corrected chi connectivity index (χ3v) is 6.12. The summed E-state index contributed by atoms with van der Waals surface area (Å²) in [5.74, 6) is 58.4. The number of fused-ring (bicyclic) bond motifs is 1. The standard InChI is InChI=1S/C40H29NO8.24H2/c1-3-5-7-8-9-10-11-12-13-14-15-16-17-18-19-20-21-22-23-24-25-26-27-29-35(43)41-32(36(44)33(42)28-6-4-2)30-48-40-38(46)37(45)39-34(49-40)31-47-39;;;;;;;;;;;;;;;;;;;;;;;;/h32-34,36-40,42,44-46H,4,6,28,30-31H2,1-2H3,(H,41,43);24*1H/t32-,33+,34?,36-,37+,38?,39-,40-;;;;;;;;;;;;;;;;;;;;;;;;/m0......................../s1. The van der Waals surface area contributed by atoms with E-state index < -0.39 is 54.9 Å². The van der Waals surface area contributed by atoms with Gasteiger partial charge in [-0.2, -0.15) is 0 Å². The maximum atomic E-state index is 12.4. The average Bonchev–Trinajstić information content (AvgIpc) is 3.08. The van der Waals surface area contributed by atoms with Crippen LogP contribution in [0, 0.1) is 142 Å². The number of aliphatic hydroxyl groups is 4. The number of ether oxygens (including phenoxy) is 3. The monoisotopic (exact) mass is 700 g/mol. The number of aliphatic hydroxyl groups excluding tert-OH is 4. The van der Waals surface area contributed by atoms with Crippen LogP contribution in [0.15, 0.2) is 0 Å². The molecule has 5 N–H and O–H groups in total. The predicted octanol–water partition coefficient (Wildman–Crippen LogP) is 4.21. The Morgan fingerprint density at radius 2 is 1.24 bits per heavy atom. The van der Waals surface area contributed by atoms with Gasteiger partial charge in [0.05, 0.1) is 25.4 Å². The van der Waals surface area contributed by atoms with Crippen molar-refractivity contribution in [3.05, 3.63) is 0 Å². The minimum absolute atomic E-state index is 0. The second-order valence-corrected chi connectivity index (χ2v) is 9.56. The Kier molecular flexibility index (Phi) is 19.3. The summed E-state index contributed by atoms with van der Waals surface area (Å²) in [5.41, 5.74) is 0. The summed E-state index contributed by atoms with van der Waals surface area (Å²) in [6, 6.07) is -1.12. The maximum absolute atomic E-state index is 12.4. The molecule has 0 aromatic rings. The largest absolute Gasteiger partial charge is 0.390 e. The molecular weight excluding hydrogens is 622 g/mol. The van der Waals surface area contributed by atoms with Crippen LogP contribution in [0.2, 0.25) is 0 Å². The fourth-order valence-electron chi connectivity index (χ4n) is 3.72. The number of unbranched alkanes of at least 4 members (excludes halogenated alkanes) is 1. The van der Waals surface area contributed by atoms with Gasteiger partial charge in [-0.05, 0) is 108 Å². The first-order valence-corrected chi connectivity index (χ1v) is 14.7. The van der Waals surface area contributed by atoms with Crippen molar-refractivity contribution < 1.29 is 73.7 Å². The van der Waals surface area contributed by atoms with Gasteiger partial charge in [-0.15, -0.1) is 0 Å². The van der Waals surface area contributed by atoms with Crippen molar-refractivity contribution in [2.24, 2.45) is 0 Å². The highest BCUT2D eigenvalue weighted by atomic mass is 16.7. The van der Waals surface area contributed by atoms with Crippen LogP contribution in [0.25, 0.3) is 0 Å². The Hall–Kier alpha value is -6.09. The second-order valence-electron chi connectivity index (χ2n) is 9.56. The Bertz CT molecular complexity index is 2050. The summed E-state index contributed by atoms with van der Waals surface area (Å²) in [7, 11) is 0. The molecule has 0 spiro atoms. The molecule has 2 heterocycles. The average molecular weight is 700 g/mol. The maximum Gasteiger partial charge on any atom is 0.297 e. The highest BCUT2D eigenvalue weighted by Gasteiger charge is 2.51. The number of hydrogen-bond acceptors (Lipinski definition) is 8. The number of carbonyl (C=O) groups is 1. The molecule has 2 aliphatic rings. The summed E-state index contributed by atoms with van der Waals surface area (Å²) in [5, 5.41) is 44.1. The Morgan fingerprint density at radius 3 is 1.67 bits per heavy atom. The lowest BCUT2D eigenvalue weighted by atomic mass is 9.95. The topological polar surface area (TPSA) is 138 Å². The van der Waals surface area contributed by atoms with Gasteiger partial charge in [-0.1, -0.05) is 25.7 Å². The molecule has 1 amide bonds. The summed E-state index contributed by atoms with van der Waals surface area (Å²) in [6.07, 6.45) is -5.81. The minimum Gasteiger partial charge on any atom is -0.390 e. The van der Waals surface area contributed by atoms with E-state index in [1.54, 1.807) is 6.92 Å². The van der Waals surface area contributed by atoms with Crippen LogP contribution in [0.1, 0.15) is 67.3 Å². The van der Waals surface area contributed by atoms with Crippen LogP contribution in [-0.4, -0.2) is 88.5 Å². The summed E-state index contributed by atoms with van der Waals surface area (Å²) in [6.45, 7) is 3.50. The lowest BCUT2D eigenvalue weighted by molar-refractivity contribution is -0.351. The van der Waals surface area contributed by atoms with Gasteiger partial charge in [-0.25, -0.2) is 0 Å². The predicted molar refractivity (Wildman–Crippen MR) is 230 cm³/mol. The van der Waals surface area contributed by atoms with Crippen molar-refractivity contribution in [2.75, 3.05) is 13.2 Å². The summed E-state index contributed by atoms with van der Waals surface area (Å²) >= 11 is 0. The molecule has 49 heavy (non-hydrogen) atoms. The molecule has 2 saturated heterocycles. The van der Waals surface area contributed by atoms with E-state index in [9.17, 15) is 25.2 Å². The lowest BCUT2D eigenvalue weighted by Gasteiger charge is -2.48. The van der Waals surface area contributed by atoms with Crippen molar-refractivity contribution in [3.63, 3.8) is 0 Å². The first-order valence-electron chi connectivity index (χ1n) is 14.7. The third kappa shape index (κ3) is 15.8. The van der Waals surface area contributed by atoms with Gasteiger partial charge >= 0.3 is 0 Å². The van der Waals surface area contributed by atoms with Gasteiger partial charge in [-0.3, -0.25) is 4.79 Å². The van der Waals surface area contributed by atoms with Crippen LogP contribution in [-0.2, 0) is 19.0 Å². The zero-order chi connectivity index (χ0) is 35.5. The van der Waals surface area contributed by atoms with Crippen molar-refractivity contribution in [1.82, 2.24) is 5.32 Å². The van der Waals surface area contributed by atoms with Gasteiger partial charge in [0.1, 0.15) is 30.5 Å². The molecule has 290 valence electrons. The molecule has 9 heteroatoms. The molecular formula is C40H77NO8. The number of rotatable bonds is 9. The molecule has 0 saturated carbocycles. The fraction of sp³-hybridized carbons (Fsp3) is 0.375.